The Bertz CT molecular complexity index is 402. The maximum absolute atomic E-state index is 11.9. The molecule has 0 aliphatic carbocycles. The summed E-state index contributed by atoms with van der Waals surface area (Å²) in [6.07, 6.45) is 0. The second-order valence-corrected chi connectivity index (χ2v) is 4.19. The Kier molecular flexibility index (Phi) is 5.65. The van der Waals surface area contributed by atoms with Gasteiger partial charge in [-0.25, -0.2) is 0 Å². The van der Waals surface area contributed by atoms with E-state index in [9.17, 15) is 4.79 Å². The summed E-state index contributed by atoms with van der Waals surface area (Å²) in [7, 11) is 3.74. The number of carbonyl (C=O) groups excluding carboxylic acids is 1. The molecule has 0 heterocycles. The summed E-state index contributed by atoms with van der Waals surface area (Å²) >= 11 is 0. The van der Waals surface area contributed by atoms with Gasteiger partial charge >= 0.3 is 0 Å². The number of carbonyl (C=O) groups is 1. The van der Waals surface area contributed by atoms with Crippen LogP contribution in [0.2, 0.25) is 0 Å². The number of rotatable bonds is 7. The van der Waals surface area contributed by atoms with Crippen molar-refractivity contribution in [1.29, 1.82) is 0 Å². The topological polar surface area (TPSA) is 38.8 Å². The molecular formula is C14H21NO3. The minimum absolute atomic E-state index is 0.0731. The van der Waals surface area contributed by atoms with Crippen molar-refractivity contribution in [1.82, 2.24) is 4.90 Å². The van der Waals surface area contributed by atoms with Crippen LogP contribution in [0.4, 0.5) is 0 Å². The highest BCUT2D eigenvalue weighted by Gasteiger charge is 2.12. The summed E-state index contributed by atoms with van der Waals surface area (Å²) in [5, 5.41) is 0. The minimum Gasteiger partial charge on any atom is -0.490 e. The van der Waals surface area contributed by atoms with Crippen LogP contribution in [0.15, 0.2) is 18.2 Å². The molecule has 0 aliphatic rings. The molecule has 0 aliphatic heterocycles. The van der Waals surface area contributed by atoms with Crippen molar-refractivity contribution in [3.05, 3.63) is 23.8 Å². The van der Waals surface area contributed by atoms with Crippen LogP contribution in [0.1, 0.15) is 24.2 Å². The first kappa shape index (κ1) is 14.5. The number of benzene rings is 1. The highest BCUT2D eigenvalue weighted by Crippen LogP contribution is 2.28. The van der Waals surface area contributed by atoms with Crippen LogP contribution in [-0.2, 0) is 0 Å². The predicted octanol–water partition coefficient (Wildman–Crippen LogP) is 2.23. The monoisotopic (exact) mass is 251 g/mol. The van der Waals surface area contributed by atoms with E-state index in [1.807, 2.05) is 32.8 Å². The molecule has 0 fully saturated rings. The molecule has 0 saturated carbocycles. The molecule has 0 spiro atoms. The van der Waals surface area contributed by atoms with Gasteiger partial charge in [0.15, 0.2) is 17.3 Å². The highest BCUT2D eigenvalue weighted by atomic mass is 16.5. The number of ketones is 1. The summed E-state index contributed by atoms with van der Waals surface area (Å²) in [4.78, 5) is 13.8. The number of nitrogens with zero attached hydrogens (tertiary/aromatic N) is 1. The lowest BCUT2D eigenvalue weighted by atomic mass is 10.1. The van der Waals surface area contributed by atoms with E-state index in [4.69, 9.17) is 9.47 Å². The van der Waals surface area contributed by atoms with E-state index in [0.717, 1.165) is 0 Å². The number of Topliss-reactive ketones (excluding diaryl/α,β-unsaturated/α-hetero) is 1. The van der Waals surface area contributed by atoms with Crippen molar-refractivity contribution < 1.29 is 14.3 Å². The van der Waals surface area contributed by atoms with Gasteiger partial charge in [0, 0.05) is 5.56 Å². The van der Waals surface area contributed by atoms with Gasteiger partial charge in [0.25, 0.3) is 0 Å². The molecule has 0 bridgehead atoms. The Morgan fingerprint density at radius 2 is 1.72 bits per heavy atom. The van der Waals surface area contributed by atoms with Gasteiger partial charge in [-0.2, -0.15) is 0 Å². The molecule has 0 saturated heterocycles. The van der Waals surface area contributed by atoms with Crippen molar-refractivity contribution in [2.24, 2.45) is 0 Å². The van der Waals surface area contributed by atoms with Gasteiger partial charge in [0.2, 0.25) is 0 Å². The van der Waals surface area contributed by atoms with E-state index < -0.39 is 0 Å². The standard InChI is InChI=1S/C14H21NO3/c1-5-17-13-8-7-11(9-14(13)18-6-2)12(16)10-15(3)4/h7-9H,5-6,10H2,1-4H3. The molecule has 18 heavy (non-hydrogen) atoms. The van der Waals surface area contributed by atoms with Gasteiger partial charge in [0.1, 0.15) is 0 Å². The first-order valence-corrected chi connectivity index (χ1v) is 6.16. The summed E-state index contributed by atoms with van der Waals surface area (Å²) < 4.78 is 11.0. The second-order valence-electron chi connectivity index (χ2n) is 4.19. The van der Waals surface area contributed by atoms with Crippen LogP contribution in [0, 0.1) is 0 Å². The molecule has 4 nitrogen and oxygen atoms in total. The van der Waals surface area contributed by atoms with Gasteiger partial charge in [-0.1, -0.05) is 0 Å². The quantitative estimate of drug-likeness (QED) is 0.697. The third-order valence-corrected chi connectivity index (χ3v) is 2.33. The molecule has 1 aromatic carbocycles. The number of likely N-dealkylation sites (N-methyl/N-ethyl adjacent to an activating group) is 1. The fourth-order valence-electron chi connectivity index (χ4n) is 1.60. The Labute approximate surface area is 108 Å². The van der Waals surface area contributed by atoms with Crippen molar-refractivity contribution in [3.8, 4) is 11.5 Å². The van der Waals surface area contributed by atoms with Gasteiger partial charge in [-0.3, -0.25) is 4.79 Å². The fraction of sp³-hybridized carbons (Fsp3) is 0.500. The molecular weight excluding hydrogens is 230 g/mol. The number of ether oxygens (including phenoxy) is 2. The van der Waals surface area contributed by atoms with E-state index in [1.165, 1.54) is 0 Å². The van der Waals surface area contributed by atoms with Crippen LogP contribution in [0.5, 0.6) is 11.5 Å². The molecule has 1 aromatic rings. The first-order valence-electron chi connectivity index (χ1n) is 6.16. The molecule has 0 N–H and O–H groups in total. The summed E-state index contributed by atoms with van der Waals surface area (Å²) in [5.74, 6) is 1.38. The molecule has 100 valence electrons. The lowest BCUT2D eigenvalue weighted by Gasteiger charge is -2.13. The van der Waals surface area contributed by atoms with Gasteiger partial charge in [-0.05, 0) is 46.1 Å². The smallest absolute Gasteiger partial charge is 0.176 e. The zero-order valence-corrected chi connectivity index (χ0v) is 11.5. The molecule has 4 heteroatoms. The maximum Gasteiger partial charge on any atom is 0.176 e. The summed E-state index contributed by atoms with van der Waals surface area (Å²) in [6, 6.07) is 5.32. The second kappa shape index (κ2) is 7.01. The van der Waals surface area contributed by atoms with Crippen LogP contribution >= 0.6 is 0 Å². The largest absolute Gasteiger partial charge is 0.490 e. The third-order valence-electron chi connectivity index (χ3n) is 2.33. The van der Waals surface area contributed by atoms with Crippen molar-refractivity contribution in [2.75, 3.05) is 33.9 Å². The lowest BCUT2D eigenvalue weighted by molar-refractivity contribution is 0.0957. The van der Waals surface area contributed by atoms with Crippen molar-refractivity contribution >= 4 is 5.78 Å². The molecule has 0 atom stereocenters. The van der Waals surface area contributed by atoms with E-state index in [-0.39, 0.29) is 5.78 Å². The van der Waals surface area contributed by atoms with E-state index in [2.05, 4.69) is 0 Å². The molecule has 0 unspecified atom stereocenters. The SMILES string of the molecule is CCOc1ccc(C(=O)CN(C)C)cc1OCC. The molecule has 0 radical (unpaired) electrons. The minimum atomic E-state index is 0.0731. The molecule has 0 amide bonds. The summed E-state index contributed by atoms with van der Waals surface area (Å²) in [6.45, 7) is 5.33. The Morgan fingerprint density at radius 1 is 1.11 bits per heavy atom. The number of hydrogen-bond acceptors (Lipinski definition) is 4. The van der Waals surface area contributed by atoms with Gasteiger partial charge < -0.3 is 14.4 Å². The van der Waals surface area contributed by atoms with Crippen LogP contribution in [-0.4, -0.2) is 44.5 Å². The molecule has 1 rings (SSSR count). The van der Waals surface area contributed by atoms with Crippen molar-refractivity contribution in [3.63, 3.8) is 0 Å². The van der Waals surface area contributed by atoms with Crippen LogP contribution in [0.25, 0.3) is 0 Å². The zero-order valence-electron chi connectivity index (χ0n) is 11.5. The molecule has 0 aromatic heterocycles. The van der Waals surface area contributed by atoms with Gasteiger partial charge in [0.05, 0.1) is 19.8 Å². The third kappa shape index (κ3) is 4.04. The normalized spacial score (nSPS) is 10.5. The average Bonchev–Trinajstić information content (AvgIpc) is 2.31. The summed E-state index contributed by atoms with van der Waals surface area (Å²) in [5.41, 5.74) is 0.649. The van der Waals surface area contributed by atoms with Crippen molar-refractivity contribution in [2.45, 2.75) is 13.8 Å². The van der Waals surface area contributed by atoms with Gasteiger partial charge in [-0.15, -0.1) is 0 Å². The predicted molar refractivity (Wildman–Crippen MR) is 71.7 cm³/mol. The zero-order chi connectivity index (χ0) is 13.5. The average molecular weight is 251 g/mol. The fourth-order valence-corrected chi connectivity index (χ4v) is 1.60. The lowest BCUT2D eigenvalue weighted by Crippen LogP contribution is -2.21. The maximum atomic E-state index is 11.9. The van der Waals surface area contributed by atoms with E-state index in [0.29, 0.717) is 36.8 Å². The van der Waals surface area contributed by atoms with Crippen LogP contribution < -0.4 is 9.47 Å². The number of hydrogen-bond donors (Lipinski definition) is 0. The highest BCUT2D eigenvalue weighted by molar-refractivity contribution is 5.98. The van der Waals surface area contributed by atoms with E-state index in [1.54, 1.807) is 18.2 Å². The Hall–Kier alpha value is -1.55. The Morgan fingerprint density at radius 3 is 2.28 bits per heavy atom. The van der Waals surface area contributed by atoms with E-state index >= 15 is 0 Å². The van der Waals surface area contributed by atoms with Crippen LogP contribution in [0.3, 0.4) is 0 Å². The first-order chi connectivity index (χ1) is 8.58. The Balaban J connectivity index is 2.94.